The Morgan fingerprint density at radius 3 is 1.77 bits per heavy atom. The van der Waals surface area contributed by atoms with Gasteiger partial charge in [0.25, 0.3) is 0 Å². The molecule has 0 heterocycles. The number of ether oxygens (including phenoxy) is 2. The normalized spacial score (nSPS) is 13.5. The fourth-order valence-corrected chi connectivity index (χ4v) is 4.24. The third-order valence-corrected chi connectivity index (χ3v) is 6.50. The predicted octanol–water partition coefficient (Wildman–Crippen LogP) is 9.31. The maximum absolute atomic E-state index is 6.01. The maximum atomic E-state index is 6.01. The van der Waals surface area contributed by atoms with Crippen LogP contribution in [0.1, 0.15) is 129 Å². The molecule has 1 aromatic carbocycles. The van der Waals surface area contributed by atoms with Gasteiger partial charge in [0, 0.05) is 0 Å². The number of hydrogen-bond acceptors (Lipinski definition) is 2. The van der Waals surface area contributed by atoms with Crippen molar-refractivity contribution in [2.75, 3.05) is 13.2 Å². The lowest BCUT2D eigenvalue weighted by Crippen LogP contribution is -2.02. The van der Waals surface area contributed by atoms with E-state index in [0.29, 0.717) is 0 Å². The summed E-state index contributed by atoms with van der Waals surface area (Å²) in [6, 6.07) is 8.96. The molecular weight excluding hydrogens is 380 g/mol. The number of hydrogen-bond donors (Lipinski definition) is 0. The van der Waals surface area contributed by atoms with Gasteiger partial charge in [0.2, 0.25) is 0 Å². The van der Waals surface area contributed by atoms with Gasteiger partial charge in [0.05, 0.1) is 13.2 Å². The van der Waals surface area contributed by atoms with Crippen molar-refractivity contribution in [1.82, 2.24) is 0 Å². The Morgan fingerprint density at radius 1 is 0.677 bits per heavy atom. The Kier molecular flexibility index (Phi) is 15.5. The highest BCUT2D eigenvalue weighted by Gasteiger charge is 2.19. The molecule has 1 saturated carbocycles. The minimum absolute atomic E-state index is 0.786. The summed E-state index contributed by atoms with van der Waals surface area (Å²) in [5, 5.41) is 0. The van der Waals surface area contributed by atoms with Gasteiger partial charge in [-0.25, -0.2) is 0 Å². The van der Waals surface area contributed by atoms with Crippen molar-refractivity contribution < 1.29 is 9.47 Å². The van der Waals surface area contributed by atoms with Gasteiger partial charge in [-0.05, 0) is 37.0 Å². The number of rotatable bonds is 22. The summed E-state index contributed by atoms with van der Waals surface area (Å²) in [5.74, 6) is 2.85. The first-order valence-corrected chi connectivity index (χ1v) is 13.7. The van der Waals surface area contributed by atoms with Crippen LogP contribution < -0.4 is 9.47 Å². The van der Waals surface area contributed by atoms with Crippen LogP contribution in [-0.4, -0.2) is 13.2 Å². The molecule has 31 heavy (non-hydrogen) atoms. The van der Waals surface area contributed by atoms with Crippen LogP contribution in [-0.2, 0) is 0 Å². The highest BCUT2D eigenvalue weighted by Crippen LogP contribution is 2.34. The molecule has 0 amide bonds. The first kappa shape index (κ1) is 26.1. The van der Waals surface area contributed by atoms with Crippen molar-refractivity contribution in [3.05, 3.63) is 24.3 Å². The van der Waals surface area contributed by atoms with E-state index in [0.717, 1.165) is 43.5 Å². The van der Waals surface area contributed by atoms with E-state index in [1.165, 1.54) is 109 Å². The van der Waals surface area contributed by atoms with Gasteiger partial charge < -0.3 is 9.47 Å². The molecule has 2 heteroatoms. The van der Waals surface area contributed by atoms with Gasteiger partial charge in [0.15, 0.2) is 11.5 Å². The first-order chi connectivity index (χ1) is 15.4. The van der Waals surface area contributed by atoms with Crippen LogP contribution in [0.15, 0.2) is 18.2 Å². The topological polar surface area (TPSA) is 18.5 Å². The lowest BCUT2D eigenvalue weighted by molar-refractivity contribution is 0.258. The molecule has 1 aliphatic carbocycles. The van der Waals surface area contributed by atoms with Crippen molar-refractivity contribution in [2.45, 2.75) is 129 Å². The summed E-state index contributed by atoms with van der Waals surface area (Å²) in [5.41, 5.74) is 0. The van der Waals surface area contributed by atoms with E-state index in [4.69, 9.17) is 9.47 Å². The Balaban J connectivity index is 1.42. The first-order valence-electron chi connectivity index (χ1n) is 13.7. The molecular formula is C29H49O2. The van der Waals surface area contributed by atoms with Crippen molar-refractivity contribution >= 4 is 0 Å². The van der Waals surface area contributed by atoms with Crippen LogP contribution in [0.4, 0.5) is 0 Å². The van der Waals surface area contributed by atoms with Gasteiger partial charge in [-0.15, -0.1) is 0 Å². The second-order valence-corrected chi connectivity index (χ2v) is 9.61. The summed E-state index contributed by atoms with van der Waals surface area (Å²) in [7, 11) is 0. The highest BCUT2D eigenvalue weighted by atomic mass is 16.5. The lowest BCUT2D eigenvalue weighted by atomic mass is 10.1. The van der Waals surface area contributed by atoms with Gasteiger partial charge in [-0.3, -0.25) is 0 Å². The summed E-state index contributed by atoms with van der Waals surface area (Å²) in [4.78, 5) is 0. The summed E-state index contributed by atoms with van der Waals surface area (Å²) in [6.07, 6.45) is 26.0. The zero-order valence-corrected chi connectivity index (χ0v) is 20.5. The second-order valence-electron chi connectivity index (χ2n) is 9.61. The van der Waals surface area contributed by atoms with Crippen LogP contribution in [0, 0.1) is 12.0 Å². The third-order valence-electron chi connectivity index (χ3n) is 6.50. The Labute approximate surface area is 193 Å². The van der Waals surface area contributed by atoms with E-state index in [2.05, 4.69) is 13.0 Å². The van der Waals surface area contributed by atoms with Crippen molar-refractivity contribution in [2.24, 2.45) is 5.92 Å². The minimum atomic E-state index is 0.786. The van der Waals surface area contributed by atoms with E-state index in [-0.39, 0.29) is 0 Å². The van der Waals surface area contributed by atoms with Gasteiger partial charge in [0.1, 0.15) is 0 Å². The minimum Gasteiger partial charge on any atom is -0.490 e. The maximum Gasteiger partial charge on any atom is 0.161 e. The SMILES string of the molecule is CCCCCCCCCCCOc1cc[c]cc1OCCCCCCCCCC1CC1. The van der Waals surface area contributed by atoms with E-state index in [1.54, 1.807) is 0 Å². The molecule has 0 N–H and O–H groups in total. The summed E-state index contributed by atoms with van der Waals surface area (Å²) < 4.78 is 12.0. The molecule has 0 atom stereocenters. The molecule has 177 valence electrons. The molecule has 2 nitrogen and oxygen atoms in total. The largest absolute Gasteiger partial charge is 0.490 e. The standard InChI is InChI=1S/C29H49O2/c1-2-3-4-5-6-7-10-13-18-25-30-28-21-16-17-22-29(28)31-26-19-14-11-8-9-12-15-20-27-23-24-27/h16,21-22,27H,2-15,18-20,23-26H2,1H3. The van der Waals surface area contributed by atoms with Crippen molar-refractivity contribution in [1.29, 1.82) is 0 Å². The molecule has 0 aromatic heterocycles. The van der Waals surface area contributed by atoms with E-state index >= 15 is 0 Å². The molecule has 1 radical (unpaired) electrons. The Morgan fingerprint density at radius 2 is 1.19 bits per heavy atom. The summed E-state index contributed by atoms with van der Waals surface area (Å²) >= 11 is 0. The molecule has 0 unspecified atom stereocenters. The van der Waals surface area contributed by atoms with E-state index in [1.807, 2.05) is 18.2 Å². The lowest BCUT2D eigenvalue weighted by Gasteiger charge is -2.12. The molecule has 2 rings (SSSR count). The Bertz CT molecular complexity index is 523. The van der Waals surface area contributed by atoms with Gasteiger partial charge in [-0.2, -0.15) is 0 Å². The van der Waals surface area contributed by atoms with Gasteiger partial charge in [-0.1, -0.05) is 122 Å². The molecule has 0 saturated heterocycles. The molecule has 0 bridgehead atoms. The molecule has 0 spiro atoms. The molecule has 1 aromatic rings. The van der Waals surface area contributed by atoms with Crippen molar-refractivity contribution in [3.8, 4) is 11.5 Å². The Hall–Kier alpha value is -1.18. The zero-order chi connectivity index (χ0) is 21.8. The smallest absolute Gasteiger partial charge is 0.161 e. The summed E-state index contributed by atoms with van der Waals surface area (Å²) in [6.45, 7) is 3.85. The zero-order valence-electron chi connectivity index (χ0n) is 20.5. The fraction of sp³-hybridized carbons (Fsp3) is 0.793. The quantitative estimate of drug-likeness (QED) is 0.171. The van der Waals surface area contributed by atoms with E-state index in [9.17, 15) is 0 Å². The molecule has 0 aliphatic heterocycles. The van der Waals surface area contributed by atoms with Crippen LogP contribution >= 0.6 is 0 Å². The van der Waals surface area contributed by atoms with E-state index < -0.39 is 0 Å². The van der Waals surface area contributed by atoms with Crippen molar-refractivity contribution in [3.63, 3.8) is 0 Å². The second kappa shape index (κ2) is 18.4. The monoisotopic (exact) mass is 429 g/mol. The molecule has 1 aliphatic rings. The van der Waals surface area contributed by atoms with Crippen LogP contribution in [0.3, 0.4) is 0 Å². The third kappa shape index (κ3) is 14.5. The van der Waals surface area contributed by atoms with Crippen LogP contribution in [0.25, 0.3) is 0 Å². The van der Waals surface area contributed by atoms with Crippen LogP contribution in [0.2, 0.25) is 0 Å². The highest BCUT2D eigenvalue weighted by molar-refractivity contribution is 5.38. The number of benzene rings is 1. The molecule has 1 fully saturated rings. The number of unbranched alkanes of at least 4 members (excludes halogenated alkanes) is 14. The average molecular weight is 430 g/mol. The fourth-order valence-electron chi connectivity index (χ4n) is 4.24. The van der Waals surface area contributed by atoms with Gasteiger partial charge >= 0.3 is 0 Å². The average Bonchev–Trinajstić information content (AvgIpc) is 3.61. The van der Waals surface area contributed by atoms with Crippen LogP contribution in [0.5, 0.6) is 11.5 Å². The predicted molar refractivity (Wildman–Crippen MR) is 133 cm³/mol.